The average molecular weight is 314 g/mol. The smallest absolute Gasteiger partial charge is 0.245 e. The van der Waals surface area contributed by atoms with E-state index in [-0.39, 0.29) is 10.6 Å². The van der Waals surface area contributed by atoms with Gasteiger partial charge in [0.05, 0.1) is 12.2 Å². The highest BCUT2D eigenvalue weighted by molar-refractivity contribution is 7.89. The molecule has 1 aromatic carbocycles. The lowest BCUT2D eigenvalue weighted by Gasteiger charge is -2.33. The molecule has 1 fully saturated rings. The third-order valence-electron chi connectivity index (χ3n) is 3.24. The van der Waals surface area contributed by atoms with Crippen molar-refractivity contribution >= 4 is 27.3 Å². The van der Waals surface area contributed by atoms with Crippen molar-refractivity contribution in [2.24, 2.45) is 0 Å². The van der Waals surface area contributed by atoms with Crippen molar-refractivity contribution in [1.29, 1.82) is 0 Å². The van der Waals surface area contributed by atoms with Gasteiger partial charge in [0, 0.05) is 31.2 Å². The molecule has 0 spiro atoms. The van der Waals surface area contributed by atoms with E-state index in [4.69, 9.17) is 23.8 Å². The topological polar surface area (TPSA) is 66.6 Å². The summed E-state index contributed by atoms with van der Waals surface area (Å²) in [7, 11) is -3.61. The van der Waals surface area contributed by atoms with Gasteiger partial charge in [-0.1, -0.05) is 17.5 Å². The summed E-state index contributed by atoms with van der Waals surface area (Å²) < 4.78 is 26.5. The van der Waals surface area contributed by atoms with Gasteiger partial charge < -0.3 is 5.73 Å². The third-order valence-corrected chi connectivity index (χ3v) is 5.43. The number of terminal acetylenes is 1. The Hall–Kier alpha value is -1.26. The van der Waals surface area contributed by atoms with Gasteiger partial charge in [-0.05, 0) is 18.2 Å². The summed E-state index contributed by atoms with van der Waals surface area (Å²) in [6.07, 6.45) is 5.25. The first-order valence-electron chi connectivity index (χ1n) is 6.16. The number of hydrogen-bond donors (Lipinski definition) is 1. The summed E-state index contributed by atoms with van der Waals surface area (Å²) in [6, 6.07) is 4.46. The first-order valence-corrected chi connectivity index (χ1v) is 7.98. The Balaban J connectivity index is 2.20. The van der Waals surface area contributed by atoms with E-state index in [0.29, 0.717) is 37.7 Å². The molecule has 0 aliphatic carbocycles. The van der Waals surface area contributed by atoms with E-state index in [0.717, 1.165) is 0 Å². The molecule has 2 N–H and O–H groups in total. The van der Waals surface area contributed by atoms with Crippen molar-refractivity contribution in [3.63, 3.8) is 0 Å². The fraction of sp³-hybridized carbons (Fsp3) is 0.385. The Kier molecular flexibility index (Phi) is 4.55. The van der Waals surface area contributed by atoms with Crippen LogP contribution in [0.15, 0.2) is 23.1 Å². The maximum atomic E-state index is 12.6. The van der Waals surface area contributed by atoms with Crippen LogP contribution in [0.25, 0.3) is 0 Å². The zero-order valence-corrected chi connectivity index (χ0v) is 12.5. The second-order valence-corrected chi connectivity index (χ2v) is 6.91. The van der Waals surface area contributed by atoms with Crippen LogP contribution in [0.2, 0.25) is 5.02 Å². The molecule has 0 saturated carbocycles. The number of nitrogens with zero attached hydrogens (tertiary/aromatic N) is 2. The lowest BCUT2D eigenvalue weighted by Crippen LogP contribution is -2.48. The molecule has 1 aromatic rings. The molecule has 0 aromatic heterocycles. The molecule has 0 atom stereocenters. The van der Waals surface area contributed by atoms with E-state index in [1.54, 1.807) is 6.07 Å². The Labute approximate surface area is 124 Å². The summed E-state index contributed by atoms with van der Waals surface area (Å²) in [5.41, 5.74) is 5.96. The highest BCUT2D eigenvalue weighted by Crippen LogP contribution is 2.26. The predicted octanol–water partition coefficient (Wildman–Crippen LogP) is 0.862. The van der Waals surface area contributed by atoms with Crippen molar-refractivity contribution < 1.29 is 8.42 Å². The number of nitrogen functional groups attached to an aromatic ring is 1. The molecule has 5 nitrogen and oxygen atoms in total. The molecule has 7 heteroatoms. The lowest BCUT2D eigenvalue weighted by molar-refractivity contribution is 0.207. The van der Waals surface area contributed by atoms with Crippen LogP contribution in [0.4, 0.5) is 5.69 Å². The highest BCUT2D eigenvalue weighted by atomic mass is 35.5. The second-order valence-electron chi connectivity index (χ2n) is 4.57. The first-order chi connectivity index (χ1) is 9.45. The van der Waals surface area contributed by atoms with Crippen molar-refractivity contribution in [3.05, 3.63) is 23.2 Å². The minimum atomic E-state index is -3.61. The van der Waals surface area contributed by atoms with Crippen molar-refractivity contribution in [2.45, 2.75) is 4.90 Å². The molecule has 20 heavy (non-hydrogen) atoms. The zero-order chi connectivity index (χ0) is 14.8. The van der Waals surface area contributed by atoms with E-state index >= 15 is 0 Å². The monoisotopic (exact) mass is 313 g/mol. The van der Waals surface area contributed by atoms with Gasteiger partial charge in [0.1, 0.15) is 4.90 Å². The normalized spacial score (nSPS) is 17.8. The van der Waals surface area contributed by atoms with Crippen LogP contribution in [0.3, 0.4) is 0 Å². The molecule has 0 radical (unpaired) electrons. The maximum Gasteiger partial charge on any atom is 0.245 e. The number of hydrogen-bond acceptors (Lipinski definition) is 4. The predicted molar refractivity (Wildman–Crippen MR) is 79.9 cm³/mol. The highest BCUT2D eigenvalue weighted by Gasteiger charge is 2.29. The molecule has 2 rings (SSSR count). The van der Waals surface area contributed by atoms with Gasteiger partial charge in [-0.3, -0.25) is 4.90 Å². The Morgan fingerprint density at radius 2 is 1.95 bits per heavy atom. The molecule has 0 amide bonds. The fourth-order valence-corrected chi connectivity index (χ4v) is 3.93. The molecule has 1 heterocycles. The van der Waals surface area contributed by atoms with Crippen LogP contribution < -0.4 is 5.73 Å². The summed E-state index contributed by atoms with van der Waals surface area (Å²) in [5.74, 6) is 2.56. The molecular weight excluding hydrogens is 298 g/mol. The Morgan fingerprint density at radius 3 is 2.55 bits per heavy atom. The van der Waals surface area contributed by atoms with Crippen LogP contribution in [-0.2, 0) is 10.0 Å². The van der Waals surface area contributed by atoms with E-state index in [2.05, 4.69) is 5.92 Å². The van der Waals surface area contributed by atoms with Crippen molar-refractivity contribution in [1.82, 2.24) is 9.21 Å². The average Bonchev–Trinajstić information content (AvgIpc) is 2.42. The first kappa shape index (κ1) is 15.1. The van der Waals surface area contributed by atoms with Gasteiger partial charge >= 0.3 is 0 Å². The largest absolute Gasteiger partial charge is 0.398 e. The number of sulfonamides is 1. The summed E-state index contributed by atoms with van der Waals surface area (Å²) >= 11 is 5.86. The standard InChI is InChI=1S/C13H16ClN3O2S/c1-2-5-16-6-8-17(9-7-16)20(18,19)13-10-11(14)3-4-12(13)15/h1,3-4,10H,5-9,15H2. The summed E-state index contributed by atoms with van der Waals surface area (Å²) in [6.45, 7) is 2.56. The van der Waals surface area contributed by atoms with Crippen LogP contribution in [0, 0.1) is 12.3 Å². The van der Waals surface area contributed by atoms with Gasteiger partial charge in [-0.15, -0.1) is 6.42 Å². The van der Waals surface area contributed by atoms with Crippen molar-refractivity contribution in [2.75, 3.05) is 38.5 Å². The number of benzene rings is 1. The SMILES string of the molecule is C#CCN1CCN(S(=O)(=O)c2cc(Cl)ccc2N)CC1. The number of anilines is 1. The molecular formula is C13H16ClN3O2S. The Bertz CT molecular complexity index is 632. The van der Waals surface area contributed by atoms with E-state index < -0.39 is 10.0 Å². The van der Waals surface area contributed by atoms with Gasteiger partial charge in [0.15, 0.2) is 0 Å². The minimum absolute atomic E-state index is 0.0652. The fourth-order valence-electron chi connectivity index (χ4n) is 2.13. The quantitative estimate of drug-likeness (QED) is 0.664. The number of halogens is 1. The number of rotatable bonds is 3. The minimum Gasteiger partial charge on any atom is -0.398 e. The molecule has 1 saturated heterocycles. The van der Waals surface area contributed by atoms with Gasteiger partial charge in [-0.2, -0.15) is 4.31 Å². The molecule has 108 valence electrons. The van der Waals surface area contributed by atoms with Crippen LogP contribution in [0.5, 0.6) is 0 Å². The molecule has 1 aliphatic rings. The van der Waals surface area contributed by atoms with Crippen LogP contribution in [0.1, 0.15) is 0 Å². The van der Waals surface area contributed by atoms with E-state index in [1.807, 2.05) is 4.90 Å². The van der Waals surface area contributed by atoms with Crippen LogP contribution in [-0.4, -0.2) is 50.3 Å². The summed E-state index contributed by atoms with van der Waals surface area (Å²) in [5, 5.41) is 0.351. The molecule has 0 bridgehead atoms. The van der Waals surface area contributed by atoms with Gasteiger partial charge in [-0.25, -0.2) is 8.42 Å². The van der Waals surface area contributed by atoms with E-state index in [9.17, 15) is 8.42 Å². The van der Waals surface area contributed by atoms with Gasteiger partial charge in [0.2, 0.25) is 10.0 Å². The van der Waals surface area contributed by atoms with Crippen molar-refractivity contribution in [3.8, 4) is 12.3 Å². The molecule has 0 unspecified atom stereocenters. The number of nitrogens with two attached hydrogens (primary N) is 1. The Morgan fingerprint density at radius 1 is 1.30 bits per heavy atom. The maximum absolute atomic E-state index is 12.6. The third kappa shape index (κ3) is 3.07. The zero-order valence-electron chi connectivity index (χ0n) is 10.9. The second kappa shape index (κ2) is 6.02. The lowest BCUT2D eigenvalue weighted by atomic mass is 10.3. The van der Waals surface area contributed by atoms with E-state index in [1.165, 1.54) is 16.4 Å². The summed E-state index contributed by atoms with van der Waals surface area (Å²) in [4.78, 5) is 2.10. The number of piperazine rings is 1. The van der Waals surface area contributed by atoms with Gasteiger partial charge in [0.25, 0.3) is 0 Å². The van der Waals surface area contributed by atoms with Crippen LogP contribution >= 0.6 is 11.6 Å². The molecule has 1 aliphatic heterocycles.